The number of hydrogen-bond acceptors (Lipinski definition) is 6. The number of methoxy groups -OCH3 is 1. The molecule has 0 atom stereocenters. The highest BCUT2D eigenvalue weighted by Gasteiger charge is 2.18. The molecule has 0 radical (unpaired) electrons. The highest BCUT2D eigenvalue weighted by molar-refractivity contribution is 7.21. The zero-order valence-corrected chi connectivity index (χ0v) is 16.2. The Morgan fingerprint density at radius 3 is 2.52 bits per heavy atom. The topological polar surface area (TPSA) is 94.3 Å². The third-order valence-corrected chi connectivity index (χ3v) is 5.15. The summed E-state index contributed by atoms with van der Waals surface area (Å²) in [5.74, 6) is -0.223. The van der Waals surface area contributed by atoms with Gasteiger partial charge in [-0.2, -0.15) is 0 Å². The van der Waals surface area contributed by atoms with Crippen LogP contribution in [-0.4, -0.2) is 24.0 Å². The molecule has 0 spiro atoms. The Labute approximate surface area is 161 Å². The lowest BCUT2D eigenvalue weighted by molar-refractivity contribution is 0.0600. The van der Waals surface area contributed by atoms with Gasteiger partial charge in [0.15, 0.2) is 0 Å². The normalized spacial score (nSPS) is 11.0. The van der Waals surface area contributed by atoms with Crippen LogP contribution in [0.2, 0.25) is 0 Å². The van der Waals surface area contributed by atoms with E-state index in [1.807, 2.05) is 12.1 Å². The number of esters is 1. The molecule has 27 heavy (non-hydrogen) atoms. The van der Waals surface area contributed by atoms with Gasteiger partial charge >= 0.3 is 5.97 Å². The standard InChI is InChI=1S/C20H21N3O3S/c1-11(2)10-14-8-9-15-16(21)17(27-19(15)23-14)18(24)22-13-6-4-12(5-7-13)20(25)26-3/h4-9,11H,10,21H2,1-3H3,(H,22,24). The van der Waals surface area contributed by atoms with Gasteiger partial charge in [0.2, 0.25) is 0 Å². The Hall–Kier alpha value is -2.93. The minimum absolute atomic E-state index is 0.299. The number of nitrogens with one attached hydrogen (secondary N) is 1. The first-order chi connectivity index (χ1) is 12.9. The number of carbonyl (C=O) groups excluding carboxylic acids is 2. The van der Waals surface area contributed by atoms with E-state index in [4.69, 9.17) is 5.73 Å². The summed E-state index contributed by atoms with van der Waals surface area (Å²) in [4.78, 5) is 29.9. The SMILES string of the molecule is COC(=O)c1ccc(NC(=O)c2sc3nc(CC(C)C)ccc3c2N)cc1. The average Bonchev–Trinajstić information content (AvgIpc) is 2.97. The van der Waals surface area contributed by atoms with E-state index in [0.717, 1.165) is 22.3 Å². The third kappa shape index (κ3) is 4.09. The van der Waals surface area contributed by atoms with Crippen LogP contribution in [0.5, 0.6) is 0 Å². The number of carbonyl (C=O) groups is 2. The second-order valence-electron chi connectivity index (χ2n) is 6.62. The maximum absolute atomic E-state index is 12.6. The molecule has 0 aliphatic heterocycles. The van der Waals surface area contributed by atoms with Gasteiger partial charge in [-0.3, -0.25) is 4.79 Å². The van der Waals surface area contributed by atoms with Crippen molar-refractivity contribution in [2.45, 2.75) is 20.3 Å². The minimum Gasteiger partial charge on any atom is -0.465 e. The van der Waals surface area contributed by atoms with Crippen molar-refractivity contribution >= 4 is 44.8 Å². The molecule has 3 rings (SSSR count). The number of nitrogens with two attached hydrogens (primary N) is 1. The Kier molecular flexibility index (Phi) is 5.41. The fraction of sp³-hybridized carbons (Fsp3) is 0.250. The predicted molar refractivity (Wildman–Crippen MR) is 108 cm³/mol. The quantitative estimate of drug-likeness (QED) is 0.647. The largest absolute Gasteiger partial charge is 0.465 e. The molecule has 0 aliphatic rings. The van der Waals surface area contributed by atoms with Crippen molar-refractivity contribution < 1.29 is 14.3 Å². The van der Waals surface area contributed by atoms with Crippen molar-refractivity contribution in [2.75, 3.05) is 18.2 Å². The molecule has 140 valence electrons. The summed E-state index contributed by atoms with van der Waals surface area (Å²) >= 11 is 1.28. The van der Waals surface area contributed by atoms with Gasteiger partial charge in [-0.05, 0) is 48.7 Å². The van der Waals surface area contributed by atoms with E-state index in [1.54, 1.807) is 24.3 Å². The highest BCUT2D eigenvalue weighted by atomic mass is 32.1. The number of nitrogen functional groups attached to an aromatic ring is 1. The molecule has 2 heterocycles. The number of hydrogen-bond donors (Lipinski definition) is 2. The van der Waals surface area contributed by atoms with Crippen LogP contribution in [0.3, 0.4) is 0 Å². The number of anilines is 2. The van der Waals surface area contributed by atoms with Crippen molar-refractivity contribution in [2.24, 2.45) is 5.92 Å². The van der Waals surface area contributed by atoms with Crippen molar-refractivity contribution in [3.63, 3.8) is 0 Å². The number of aromatic nitrogens is 1. The average molecular weight is 383 g/mol. The maximum atomic E-state index is 12.6. The second-order valence-corrected chi connectivity index (χ2v) is 7.62. The van der Waals surface area contributed by atoms with Gasteiger partial charge in [0, 0.05) is 16.8 Å². The minimum atomic E-state index is -0.426. The molecule has 1 amide bonds. The fourth-order valence-corrected chi connectivity index (χ4v) is 3.74. The first kappa shape index (κ1) is 18.8. The molecule has 0 unspecified atom stereocenters. The first-order valence-corrected chi connectivity index (χ1v) is 9.38. The van der Waals surface area contributed by atoms with Gasteiger partial charge in [-0.1, -0.05) is 13.8 Å². The number of pyridine rings is 1. The molecule has 0 bridgehead atoms. The molecule has 0 aliphatic carbocycles. The molecule has 3 N–H and O–H groups in total. The van der Waals surface area contributed by atoms with Crippen molar-refractivity contribution in [3.05, 3.63) is 52.5 Å². The van der Waals surface area contributed by atoms with Crippen molar-refractivity contribution in [1.29, 1.82) is 0 Å². The Morgan fingerprint density at radius 2 is 1.89 bits per heavy atom. The summed E-state index contributed by atoms with van der Waals surface area (Å²) < 4.78 is 4.66. The predicted octanol–water partition coefficient (Wildman–Crippen LogP) is 4.12. The van der Waals surface area contributed by atoms with Crippen LogP contribution in [0.25, 0.3) is 10.2 Å². The van der Waals surface area contributed by atoms with Gasteiger partial charge in [0.25, 0.3) is 5.91 Å². The Morgan fingerprint density at radius 1 is 1.19 bits per heavy atom. The van der Waals surface area contributed by atoms with E-state index in [1.165, 1.54) is 18.4 Å². The zero-order valence-electron chi connectivity index (χ0n) is 15.4. The summed E-state index contributed by atoms with van der Waals surface area (Å²) in [6.07, 6.45) is 0.877. The second kappa shape index (κ2) is 7.75. The number of rotatable bonds is 5. The van der Waals surface area contributed by atoms with E-state index in [-0.39, 0.29) is 5.91 Å². The number of benzene rings is 1. The molecule has 0 saturated carbocycles. The van der Waals surface area contributed by atoms with E-state index in [0.29, 0.717) is 27.7 Å². The molecule has 6 nitrogen and oxygen atoms in total. The summed E-state index contributed by atoms with van der Waals surface area (Å²) in [5.41, 5.74) is 8.58. The van der Waals surface area contributed by atoms with E-state index in [2.05, 4.69) is 28.9 Å². The Bertz CT molecular complexity index is 994. The monoisotopic (exact) mass is 383 g/mol. The molecule has 7 heteroatoms. The molecule has 0 saturated heterocycles. The molecule has 2 aromatic heterocycles. The van der Waals surface area contributed by atoms with E-state index in [9.17, 15) is 9.59 Å². The number of ether oxygens (including phenoxy) is 1. The number of thiophene rings is 1. The molecular formula is C20H21N3O3S. The van der Waals surface area contributed by atoms with Gasteiger partial charge in [0.05, 0.1) is 18.4 Å². The zero-order chi connectivity index (χ0) is 19.6. The summed E-state index contributed by atoms with van der Waals surface area (Å²) in [6, 6.07) is 10.4. The van der Waals surface area contributed by atoms with Crippen LogP contribution in [-0.2, 0) is 11.2 Å². The van der Waals surface area contributed by atoms with Gasteiger partial charge in [0.1, 0.15) is 9.71 Å². The van der Waals surface area contributed by atoms with Crippen LogP contribution in [0.1, 0.15) is 39.6 Å². The number of nitrogens with zero attached hydrogens (tertiary/aromatic N) is 1. The van der Waals surface area contributed by atoms with Crippen molar-refractivity contribution in [1.82, 2.24) is 4.98 Å². The Balaban J connectivity index is 1.82. The lowest BCUT2D eigenvalue weighted by atomic mass is 10.1. The lowest BCUT2D eigenvalue weighted by Gasteiger charge is -2.05. The van der Waals surface area contributed by atoms with Crippen LogP contribution >= 0.6 is 11.3 Å². The van der Waals surface area contributed by atoms with Gasteiger partial charge < -0.3 is 15.8 Å². The summed E-state index contributed by atoms with van der Waals surface area (Å²) in [6.45, 7) is 4.28. The van der Waals surface area contributed by atoms with Gasteiger partial charge in [-0.25, -0.2) is 9.78 Å². The number of fused-ring (bicyclic) bond motifs is 1. The number of amides is 1. The third-order valence-electron chi connectivity index (χ3n) is 4.04. The lowest BCUT2D eigenvalue weighted by Crippen LogP contribution is -2.12. The van der Waals surface area contributed by atoms with Crippen LogP contribution in [0.15, 0.2) is 36.4 Å². The van der Waals surface area contributed by atoms with Crippen LogP contribution in [0.4, 0.5) is 11.4 Å². The first-order valence-electron chi connectivity index (χ1n) is 8.56. The van der Waals surface area contributed by atoms with Crippen molar-refractivity contribution in [3.8, 4) is 0 Å². The smallest absolute Gasteiger partial charge is 0.337 e. The molecular weight excluding hydrogens is 362 g/mol. The summed E-state index contributed by atoms with van der Waals surface area (Å²) in [7, 11) is 1.32. The van der Waals surface area contributed by atoms with Crippen LogP contribution < -0.4 is 11.1 Å². The fourth-order valence-electron chi connectivity index (χ4n) is 2.73. The van der Waals surface area contributed by atoms with E-state index < -0.39 is 5.97 Å². The van der Waals surface area contributed by atoms with Crippen LogP contribution in [0, 0.1) is 5.92 Å². The summed E-state index contributed by atoms with van der Waals surface area (Å²) in [5, 5.41) is 3.59. The highest BCUT2D eigenvalue weighted by Crippen LogP contribution is 2.33. The maximum Gasteiger partial charge on any atom is 0.337 e. The van der Waals surface area contributed by atoms with E-state index >= 15 is 0 Å². The molecule has 3 aromatic rings. The molecule has 1 aromatic carbocycles. The van der Waals surface area contributed by atoms with Gasteiger partial charge in [-0.15, -0.1) is 11.3 Å². The molecule has 0 fully saturated rings.